The van der Waals surface area contributed by atoms with E-state index in [9.17, 15) is 4.79 Å². The summed E-state index contributed by atoms with van der Waals surface area (Å²) in [5.74, 6) is 1.05. The van der Waals surface area contributed by atoms with E-state index in [4.69, 9.17) is 0 Å². The highest BCUT2D eigenvalue weighted by atomic mass is 16.2. The quantitative estimate of drug-likeness (QED) is 0.850. The Bertz CT molecular complexity index is 549. The number of amides is 1. The van der Waals surface area contributed by atoms with Crippen LogP contribution in [0.15, 0.2) is 24.3 Å². The van der Waals surface area contributed by atoms with E-state index in [0.29, 0.717) is 12.6 Å². The standard InChI is InChI=1S/C20H31N3O/c1-16-4-8-18(9-5-16)22(3)14-17-6-10-19(11-7-17)23-13-12-21(2)20(24)15-23/h4-5,8-9,17,19H,6-7,10-15H2,1-3H3. The molecular weight excluding hydrogens is 298 g/mol. The zero-order chi connectivity index (χ0) is 17.1. The largest absolute Gasteiger partial charge is 0.374 e. The molecule has 3 rings (SSSR count). The third-order valence-corrected chi connectivity index (χ3v) is 5.83. The molecule has 2 aliphatic rings. The lowest BCUT2D eigenvalue weighted by molar-refractivity contribution is -0.135. The Hall–Kier alpha value is -1.55. The molecule has 0 bridgehead atoms. The van der Waals surface area contributed by atoms with Crippen molar-refractivity contribution in [2.24, 2.45) is 5.92 Å². The predicted octanol–water partition coefficient (Wildman–Crippen LogP) is 2.76. The minimum atomic E-state index is 0.280. The maximum absolute atomic E-state index is 11.9. The van der Waals surface area contributed by atoms with Crippen LogP contribution in [0.4, 0.5) is 5.69 Å². The number of rotatable bonds is 4. The van der Waals surface area contributed by atoms with Crippen LogP contribution in [0.25, 0.3) is 0 Å². The van der Waals surface area contributed by atoms with Crippen molar-refractivity contribution in [3.8, 4) is 0 Å². The molecular formula is C20H31N3O. The van der Waals surface area contributed by atoms with Gasteiger partial charge >= 0.3 is 0 Å². The van der Waals surface area contributed by atoms with E-state index in [0.717, 1.165) is 25.6 Å². The van der Waals surface area contributed by atoms with Crippen LogP contribution in [0.3, 0.4) is 0 Å². The Morgan fingerprint density at radius 2 is 1.75 bits per heavy atom. The zero-order valence-corrected chi connectivity index (χ0v) is 15.4. The van der Waals surface area contributed by atoms with Gasteiger partial charge in [0, 0.05) is 45.5 Å². The lowest BCUT2D eigenvalue weighted by Gasteiger charge is -2.41. The summed E-state index contributed by atoms with van der Waals surface area (Å²) in [4.78, 5) is 18.6. The number of likely N-dealkylation sites (N-methyl/N-ethyl adjacent to an activating group) is 1. The molecule has 0 aromatic heterocycles. The van der Waals surface area contributed by atoms with Gasteiger partial charge in [-0.25, -0.2) is 0 Å². The minimum absolute atomic E-state index is 0.280. The fourth-order valence-corrected chi connectivity index (χ4v) is 4.07. The van der Waals surface area contributed by atoms with Gasteiger partial charge in [0.15, 0.2) is 0 Å². The van der Waals surface area contributed by atoms with Crippen LogP contribution >= 0.6 is 0 Å². The second-order valence-electron chi connectivity index (χ2n) is 7.68. The number of carbonyl (C=O) groups excluding carboxylic acids is 1. The van der Waals surface area contributed by atoms with Gasteiger partial charge in [-0.1, -0.05) is 17.7 Å². The molecule has 0 spiro atoms. The molecule has 0 atom stereocenters. The number of nitrogens with zero attached hydrogens (tertiary/aromatic N) is 3. The molecule has 1 amide bonds. The molecule has 1 heterocycles. The summed E-state index contributed by atoms with van der Waals surface area (Å²) in [6.45, 7) is 5.82. The first-order chi connectivity index (χ1) is 11.5. The number of aryl methyl sites for hydroxylation is 1. The SMILES string of the molecule is Cc1ccc(N(C)CC2CCC(N3CCN(C)C(=O)C3)CC2)cc1. The van der Waals surface area contributed by atoms with Crippen LogP contribution in [-0.2, 0) is 4.79 Å². The third kappa shape index (κ3) is 4.10. The van der Waals surface area contributed by atoms with Gasteiger partial charge in [-0.15, -0.1) is 0 Å². The van der Waals surface area contributed by atoms with Crippen molar-refractivity contribution >= 4 is 11.6 Å². The van der Waals surface area contributed by atoms with Crippen LogP contribution in [0.1, 0.15) is 31.2 Å². The number of hydrogen-bond acceptors (Lipinski definition) is 3. The number of benzene rings is 1. The van der Waals surface area contributed by atoms with E-state index >= 15 is 0 Å². The monoisotopic (exact) mass is 329 g/mol. The normalized spacial score (nSPS) is 25.8. The molecule has 0 N–H and O–H groups in total. The summed E-state index contributed by atoms with van der Waals surface area (Å²) in [6, 6.07) is 9.43. The smallest absolute Gasteiger partial charge is 0.236 e. The maximum atomic E-state index is 11.9. The average Bonchev–Trinajstić information content (AvgIpc) is 2.58. The van der Waals surface area contributed by atoms with Crippen LogP contribution < -0.4 is 4.90 Å². The van der Waals surface area contributed by atoms with Gasteiger partial charge in [-0.2, -0.15) is 0 Å². The third-order valence-electron chi connectivity index (χ3n) is 5.83. The Labute approximate surface area is 146 Å². The fourth-order valence-electron chi connectivity index (χ4n) is 4.07. The van der Waals surface area contributed by atoms with Crippen molar-refractivity contribution in [2.45, 2.75) is 38.6 Å². The van der Waals surface area contributed by atoms with Gasteiger partial charge in [0.1, 0.15) is 0 Å². The van der Waals surface area contributed by atoms with E-state index < -0.39 is 0 Å². The molecule has 1 aliphatic heterocycles. The van der Waals surface area contributed by atoms with Crippen molar-refractivity contribution in [3.05, 3.63) is 29.8 Å². The molecule has 1 saturated carbocycles. The van der Waals surface area contributed by atoms with Crippen molar-refractivity contribution in [1.82, 2.24) is 9.80 Å². The van der Waals surface area contributed by atoms with Crippen molar-refractivity contribution in [1.29, 1.82) is 0 Å². The minimum Gasteiger partial charge on any atom is -0.374 e. The molecule has 1 aliphatic carbocycles. The molecule has 0 radical (unpaired) electrons. The van der Waals surface area contributed by atoms with Crippen LogP contribution in [0.5, 0.6) is 0 Å². The van der Waals surface area contributed by atoms with Crippen molar-refractivity contribution in [3.63, 3.8) is 0 Å². The van der Waals surface area contributed by atoms with Crippen LogP contribution in [0.2, 0.25) is 0 Å². The first-order valence-electron chi connectivity index (χ1n) is 9.29. The number of hydrogen-bond donors (Lipinski definition) is 0. The van der Waals surface area contributed by atoms with Gasteiger partial charge in [-0.3, -0.25) is 9.69 Å². The van der Waals surface area contributed by atoms with E-state index in [-0.39, 0.29) is 5.91 Å². The van der Waals surface area contributed by atoms with E-state index in [1.807, 2.05) is 11.9 Å². The van der Waals surface area contributed by atoms with Gasteiger partial charge in [0.25, 0.3) is 0 Å². The van der Waals surface area contributed by atoms with Crippen LogP contribution in [-0.4, -0.2) is 62.0 Å². The molecule has 4 nitrogen and oxygen atoms in total. The predicted molar refractivity (Wildman–Crippen MR) is 99.4 cm³/mol. The Morgan fingerprint density at radius 3 is 2.38 bits per heavy atom. The molecule has 132 valence electrons. The first-order valence-corrected chi connectivity index (χ1v) is 9.29. The molecule has 24 heavy (non-hydrogen) atoms. The summed E-state index contributed by atoms with van der Waals surface area (Å²) in [5, 5.41) is 0. The number of carbonyl (C=O) groups is 1. The number of anilines is 1. The second kappa shape index (κ2) is 7.56. The highest BCUT2D eigenvalue weighted by Crippen LogP contribution is 2.29. The molecule has 2 fully saturated rings. The molecule has 1 aromatic carbocycles. The average molecular weight is 329 g/mol. The summed E-state index contributed by atoms with van der Waals surface area (Å²) in [7, 11) is 4.12. The molecule has 1 aromatic rings. The van der Waals surface area contributed by atoms with Gasteiger partial charge in [0.05, 0.1) is 6.54 Å². The van der Waals surface area contributed by atoms with Gasteiger partial charge in [0.2, 0.25) is 5.91 Å². The Balaban J connectivity index is 1.46. The molecule has 4 heteroatoms. The zero-order valence-electron chi connectivity index (χ0n) is 15.4. The second-order valence-corrected chi connectivity index (χ2v) is 7.68. The Morgan fingerprint density at radius 1 is 1.08 bits per heavy atom. The summed E-state index contributed by atoms with van der Waals surface area (Å²) >= 11 is 0. The highest BCUT2D eigenvalue weighted by molar-refractivity contribution is 5.78. The molecule has 1 saturated heterocycles. The maximum Gasteiger partial charge on any atom is 0.236 e. The summed E-state index contributed by atoms with van der Waals surface area (Å²) in [5.41, 5.74) is 2.63. The number of piperazine rings is 1. The highest BCUT2D eigenvalue weighted by Gasteiger charge is 2.30. The van der Waals surface area contributed by atoms with E-state index in [2.05, 4.69) is 48.0 Å². The van der Waals surface area contributed by atoms with Crippen LogP contribution in [0, 0.1) is 12.8 Å². The van der Waals surface area contributed by atoms with Crippen molar-refractivity contribution in [2.75, 3.05) is 45.2 Å². The van der Waals surface area contributed by atoms with Gasteiger partial charge < -0.3 is 9.80 Å². The first kappa shape index (κ1) is 17.3. The fraction of sp³-hybridized carbons (Fsp3) is 0.650. The van der Waals surface area contributed by atoms with Gasteiger partial charge in [-0.05, 0) is 50.7 Å². The molecule has 0 unspecified atom stereocenters. The summed E-state index contributed by atoms with van der Waals surface area (Å²) in [6.07, 6.45) is 5.04. The topological polar surface area (TPSA) is 26.8 Å². The van der Waals surface area contributed by atoms with E-state index in [1.54, 1.807) is 0 Å². The Kier molecular flexibility index (Phi) is 5.44. The lowest BCUT2D eigenvalue weighted by Crippen LogP contribution is -2.53. The van der Waals surface area contributed by atoms with Crippen molar-refractivity contribution < 1.29 is 4.79 Å². The summed E-state index contributed by atoms with van der Waals surface area (Å²) < 4.78 is 0. The lowest BCUT2D eigenvalue weighted by atomic mass is 9.84. The van der Waals surface area contributed by atoms with E-state index in [1.165, 1.54) is 36.9 Å².